The summed E-state index contributed by atoms with van der Waals surface area (Å²) in [5.41, 5.74) is 0. The van der Waals surface area contributed by atoms with Crippen molar-refractivity contribution in [3.8, 4) is 0 Å². The topological polar surface area (TPSA) is 15.3 Å². The molecule has 0 rings (SSSR count). The zero-order chi connectivity index (χ0) is 11.3. The third-order valence-electron chi connectivity index (χ3n) is 2.21. The van der Waals surface area contributed by atoms with E-state index in [0.717, 1.165) is 5.11 Å². The van der Waals surface area contributed by atoms with Gasteiger partial charge in [-0.25, -0.2) is 0 Å². The van der Waals surface area contributed by atoms with Crippen LogP contribution in [0.3, 0.4) is 0 Å². The van der Waals surface area contributed by atoms with E-state index < -0.39 is 0 Å². The second kappa shape index (κ2) is 6.23. The molecule has 84 valence electrons. The maximum atomic E-state index is 5.30. The maximum Gasteiger partial charge on any atom is 0.169 e. The number of nitrogens with one attached hydrogen (secondary N) is 1. The Morgan fingerprint density at radius 3 is 2.07 bits per heavy atom. The highest BCUT2D eigenvalue weighted by molar-refractivity contribution is 7.80. The first-order valence-electron chi connectivity index (χ1n) is 5.38. The molecule has 0 bridgehead atoms. The Morgan fingerprint density at radius 1 is 1.21 bits per heavy atom. The maximum absolute atomic E-state index is 5.30. The van der Waals surface area contributed by atoms with Crippen LogP contribution in [0.5, 0.6) is 0 Å². The Morgan fingerprint density at radius 2 is 1.71 bits per heavy atom. The van der Waals surface area contributed by atoms with E-state index in [1.165, 1.54) is 6.42 Å². The van der Waals surface area contributed by atoms with E-state index in [0.29, 0.717) is 18.0 Å². The summed E-state index contributed by atoms with van der Waals surface area (Å²) in [5, 5.41) is 4.11. The summed E-state index contributed by atoms with van der Waals surface area (Å²) in [6.07, 6.45) is 1.18. The smallest absolute Gasteiger partial charge is 0.169 e. The first-order chi connectivity index (χ1) is 6.34. The van der Waals surface area contributed by atoms with Crippen LogP contribution in [-0.4, -0.2) is 29.1 Å². The van der Waals surface area contributed by atoms with Gasteiger partial charge in [0, 0.05) is 19.1 Å². The first-order valence-corrected chi connectivity index (χ1v) is 5.78. The fourth-order valence-corrected chi connectivity index (χ4v) is 1.80. The molecular formula is C11H24N2S. The molecule has 3 heteroatoms. The average molecular weight is 216 g/mol. The minimum absolute atomic E-state index is 0.413. The third kappa shape index (κ3) is 5.43. The summed E-state index contributed by atoms with van der Waals surface area (Å²) in [6, 6.07) is 0.921. The third-order valence-corrected chi connectivity index (χ3v) is 2.61. The van der Waals surface area contributed by atoms with Crippen molar-refractivity contribution in [3.05, 3.63) is 0 Å². The molecule has 0 spiro atoms. The molecule has 0 aromatic carbocycles. The van der Waals surface area contributed by atoms with Crippen LogP contribution in [-0.2, 0) is 0 Å². The normalized spacial score (nSPS) is 13.1. The molecule has 0 aliphatic heterocycles. The summed E-state index contributed by atoms with van der Waals surface area (Å²) < 4.78 is 0. The van der Waals surface area contributed by atoms with E-state index >= 15 is 0 Å². The van der Waals surface area contributed by atoms with Gasteiger partial charge >= 0.3 is 0 Å². The highest BCUT2D eigenvalue weighted by atomic mass is 32.1. The molecule has 0 aliphatic carbocycles. The van der Waals surface area contributed by atoms with Crippen LogP contribution < -0.4 is 5.32 Å². The van der Waals surface area contributed by atoms with Crippen molar-refractivity contribution in [2.24, 2.45) is 5.92 Å². The van der Waals surface area contributed by atoms with Crippen LogP contribution in [0.25, 0.3) is 0 Å². The molecule has 0 aromatic heterocycles. The molecule has 0 aromatic rings. The van der Waals surface area contributed by atoms with Crippen LogP contribution in [0, 0.1) is 5.92 Å². The monoisotopic (exact) mass is 216 g/mol. The predicted molar refractivity (Wildman–Crippen MR) is 67.5 cm³/mol. The molecule has 0 saturated carbocycles. The lowest BCUT2D eigenvalue weighted by Crippen LogP contribution is -2.45. The largest absolute Gasteiger partial charge is 0.360 e. The second-order valence-electron chi connectivity index (χ2n) is 4.69. The summed E-state index contributed by atoms with van der Waals surface area (Å²) >= 11 is 5.30. The lowest BCUT2D eigenvalue weighted by atomic mass is 10.0. The van der Waals surface area contributed by atoms with Crippen molar-refractivity contribution < 1.29 is 0 Å². The summed E-state index contributed by atoms with van der Waals surface area (Å²) in [4.78, 5) is 2.15. The predicted octanol–water partition coefficient (Wildman–Crippen LogP) is 2.64. The number of thiocarbonyl (C=S) groups is 1. The van der Waals surface area contributed by atoms with Gasteiger partial charge in [0.25, 0.3) is 0 Å². The van der Waals surface area contributed by atoms with E-state index in [2.05, 4.69) is 51.9 Å². The van der Waals surface area contributed by atoms with E-state index in [1.54, 1.807) is 0 Å². The van der Waals surface area contributed by atoms with Crippen molar-refractivity contribution in [2.45, 2.75) is 53.1 Å². The molecule has 2 nitrogen and oxygen atoms in total. The highest BCUT2D eigenvalue weighted by Crippen LogP contribution is 2.09. The molecule has 0 saturated heterocycles. The fraction of sp³-hybridized carbons (Fsp3) is 0.909. The molecule has 0 radical (unpaired) electrons. The van der Waals surface area contributed by atoms with Crippen molar-refractivity contribution in [3.63, 3.8) is 0 Å². The van der Waals surface area contributed by atoms with Crippen molar-refractivity contribution in [1.82, 2.24) is 10.2 Å². The summed E-state index contributed by atoms with van der Waals surface area (Å²) in [6.45, 7) is 10.9. The van der Waals surface area contributed by atoms with Crippen LogP contribution in [0.2, 0.25) is 0 Å². The molecule has 0 aliphatic rings. The minimum atomic E-state index is 0.413. The minimum Gasteiger partial charge on any atom is -0.360 e. The molecule has 0 heterocycles. The highest BCUT2D eigenvalue weighted by Gasteiger charge is 2.13. The Balaban J connectivity index is 4.03. The van der Waals surface area contributed by atoms with Gasteiger partial charge in [-0.3, -0.25) is 0 Å². The SMILES string of the molecule is CC(C)CC(C)N(C)C(=S)NC(C)C. The van der Waals surface area contributed by atoms with Crippen molar-refractivity contribution in [2.75, 3.05) is 7.05 Å². The number of hydrogen-bond acceptors (Lipinski definition) is 1. The Labute approximate surface area is 94.1 Å². The number of nitrogens with zero attached hydrogens (tertiary/aromatic N) is 1. The van der Waals surface area contributed by atoms with Gasteiger partial charge in [-0.15, -0.1) is 0 Å². The Kier molecular flexibility index (Phi) is 6.09. The lowest BCUT2D eigenvalue weighted by Gasteiger charge is -2.29. The van der Waals surface area contributed by atoms with Gasteiger partial charge in [0.1, 0.15) is 0 Å². The van der Waals surface area contributed by atoms with Crippen LogP contribution >= 0.6 is 12.2 Å². The van der Waals surface area contributed by atoms with Gasteiger partial charge in [-0.1, -0.05) is 13.8 Å². The lowest BCUT2D eigenvalue weighted by molar-refractivity contribution is 0.327. The van der Waals surface area contributed by atoms with Gasteiger partial charge in [0.05, 0.1) is 0 Å². The van der Waals surface area contributed by atoms with E-state index in [-0.39, 0.29) is 0 Å². The Bertz CT molecular complexity index is 178. The first kappa shape index (κ1) is 13.7. The molecule has 1 atom stereocenters. The standard InChI is InChI=1S/C11H24N2S/c1-8(2)7-10(5)13(6)11(14)12-9(3)4/h8-10H,7H2,1-6H3,(H,12,14). The second-order valence-corrected chi connectivity index (χ2v) is 5.08. The average Bonchev–Trinajstić information content (AvgIpc) is 2.00. The van der Waals surface area contributed by atoms with Gasteiger partial charge in [0.2, 0.25) is 0 Å². The van der Waals surface area contributed by atoms with Crippen LogP contribution in [0.15, 0.2) is 0 Å². The molecule has 1 unspecified atom stereocenters. The molecule has 1 N–H and O–H groups in total. The van der Waals surface area contributed by atoms with E-state index in [1.807, 2.05) is 0 Å². The van der Waals surface area contributed by atoms with Gasteiger partial charge in [-0.05, 0) is 45.3 Å². The van der Waals surface area contributed by atoms with Crippen molar-refractivity contribution in [1.29, 1.82) is 0 Å². The van der Waals surface area contributed by atoms with Gasteiger partial charge < -0.3 is 10.2 Å². The zero-order valence-corrected chi connectivity index (χ0v) is 11.1. The van der Waals surface area contributed by atoms with Gasteiger partial charge in [0.15, 0.2) is 5.11 Å². The molecule has 0 fully saturated rings. The van der Waals surface area contributed by atoms with Crippen LogP contribution in [0.4, 0.5) is 0 Å². The van der Waals surface area contributed by atoms with E-state index in [4.69, 9.17) is 12.2 Å². The Hall–Kier alpha value is -0.310. The summed E-state index contributed by atoms with van der Waals surface area (Å²) in [7, 11) is 2.06. The zero-order valence-electron chi connectivity index (χ0n) is 10.3. The van der Waals surface area contributed by atoms with Gasteiger partial charge in [-0.2, -0.15) is 0 Å². The van der Waals surface area contributed by atoms with Crippen LogP contribution in [0.1, 0.15) is 41.0 Å². The fourth-order valence-electron chi connectivity index (χ4n) is 1.39. The number of rotatable bonds is 4. The van der Waals surface area contributed by atoms with Crippen molar-refractivity contribution >= 4 is 17.3 Å². The summed E-state index contributed by atoms with van der Waals surface area (Å²) in [5.74, 6) is 0.717. The molecule has 14 heavy (non-hydrogen) atoms. The number of hydrogen-bond donors (Lipinski definition) is 1. The van der Waals surface area contributed by atoms with E-state index in [9.17, 15) is 0 Å². The molecule has 0 amide bonds. The quantitative estimate of drug-likeness (QED) is 0.727. The molecular weight excluding hydrogens is 192 g/mol.